The highest BCUT2D eigenvalue weighted by molar-refractivity contribution is 6.35. The van der Waals surface area contributed by atoms with Crippen LogP contribution in [0.2, 0.25) is 10.0 Å². The molecule has 6 heteroatoms. The fourth-order valence-electron chi connectivity index (χ4n) is 1.10. The SMILES string of the molecule is N[C@@H](Cc1c(O)cc(Cl)cc1Cl)C(=O)O. The van der Waals surface area contributed by atoms with E-state index in [2.05, 4.69) is 0 Å². The van der Waals surface area contributed by atoms with Crippen molar-refractivity contribution in [2.24, 2.45) is 5.73 Å². The van der Waals surface area contributed by atoms with Crippen molar-refractivity contribution in [3.63, 3.8) is 0 Å². The highest BCUT2D eigenvalue weighted by atomic mass is 35.5. The second-order valence-electron chi connectivity index (χ2n) is 3.03. The van der Waals surface area contributed by atoms with E-state index in [0.29, 0.717) is 0 Å². The summed E-state index contributed by atoms with van der Waals surface area (Å²) in [6.45, 7) is 0. The molecule has 0 aliphatic carbocycles. The molecule has 0 radical (unpaired) electrons. The summed E-state index contributed by atoms with van der Waals surface area (Å²) in [6.07, 6.45) is -0.0445. The molecule has 15 heavy (non-hydrogen) atoms. The molecule has 0 fully saturated rings. The van der Waals surface area contributed by atoms with E-state index in [4.69, 9.17) is 34.0 Å². The summed E-state index contributed by atoms with van der Waals surface area (Å²) in [5.41, 5.74) is 5.61. The fourth-order valence-corrected chi connectivity index (χ4v) is 1.66. The van der Waals surface area contributed by atoms with Crippen molar-refractivity contribution < 1.29 is 15.0 Å². The molecule has 0 amide bonds. The highest BCUT2D eigenvalue weighted by Crippen LogP contribution is 2.30. The Morgan fingerprint density at radius 3 is 2.53 bits per heavy atom. The van der Waals surface area contributed by atoms with Gasteiger partial charge in [0.15, 0.2) is 0 Å². The second kappa shape index (κ2) is 4.70. The van der Waals surface area contributed by atoms with Gasteiger partial charge in [-0.2, -0.15) is 0 Å². The van der Waals surface area contributed by atoms with Gasteiger partial charge < -0.3 is 15.9 Å². The van der Waals surface area contributed by atoms with Crippen LogP contribution >= 0.6 is 23.2 Å². The number of aromatic hydroxyl groups is 1. The molecule has 4 N–H and O–H groups in total. The van der Waals surface area contributed by atoms with E-state index in [9.17, 15) is 9.90 Å². The maximum Gasteiger partial charge on any atom is 0.320 e. The van der Waals surface area contributed by atoms with E-state index in [-0.39, 0.29) is 27.8 Å². The van der Waals surface area contributed by atoms with Crippen molar-refractivity contribution in [2.45, 2.75) is 12.5 Å². The van der Waals surface area contributed by atoms with Crippen molar-refractivity contribution in [3.8, 4) is 5.75 Å². The summed E-state index contributed by atoms with van der Waals surface area (Å²) < 4.78 is 0. The number of aliphatic carboxylic acids is 1. The van der Waals surface area contributed by atoms with Crippen LogP contribution < -0.4 is 5.73 Å². The number of phenols is 1. The molecule has 0 heterocycles. The first-order valence-electron chi connectivity index (χ1n) is 4.07. The predicted octanol–water partition coefficient (Wildman–Crippen LogP) is 1.65. The molecule has 0 aliphatic heterocycles. The third-order valence-corrected chi connectivity index (χ3v) is 2.43. The first-order chi connectivity index (χ1) is 6.91. The Hall–Kier alpha value is -0.970. The first kappa shape index (κ1) is 12.1. The normalized spacial score (nSPS) is 12.5. The van der Waals surface area contributed by atoms with Crippen LogP contribution in [0.1, 0.15) is 5.56 Å². The second-order valence-corrected chi connectivity index (χ2v) is 3.88. The van der Waals surface area contributed by atoms with Gasteiger partial charge in [0, 0.05) is 22.0 Å². The lowest BCUT2D eigenvalue weighted by Crippen LogP contribution is -2.32. The Labute approximate surface area is 96.2 Å². The van der Waals surface area contributed by atoms with E-state index >= 15 is 0 Å². The summed E-state index contributed by atoms with van der Waals surface area (Å²) >= 11 is 11.4. The third kappa shape index (κ3) is 2.99. The van der Waals surface area contributed by atoms with Crippen molar-refractivity contribution in [1.82, 2.24) is 0 Å². The lowest BCUT2D eigenvalue weighted by Gasteiger charge is -2.10. The monoisotopic (exact) mass is 249 g/mol. The number of hydrogen-bond donors (Lipinski definition) is 3. The number of nitrogens with two attached hydrogens (primary N) is 1. The van der Waals surface area contributed by atoms with Gasteiger partial charge in [0.2, 0.25) is 0 Å². The molecule has 0 aromatic heterocycles. The number of rotatable bonds is 3. The smallest absolute Gasteiger partial charge is 0.320 e. The van der Waals surface area contributed by atoms with Crippen LogP contribution in [-0.2, 0) is 11.2 Å². The first-order valence-corrected chi connectivity index (χ1v) is 4.82. The maximum absolute atomic E-state index is 10.5. The summed E-state index contributed by atoms with van der Waals surface area (Å²) in [5, 5.41) is 18.6. The Balaban J connectivity index is 3.00. The molecule has 0 saturated carbocycles. The number of benzene rings is 1. The zero-order valence-electron chi connectivity index (χ0n) is 7.58. The average Bonchev–Trinajstić information content (AvgIpc) is 2.10. The molecule has 0 saturated heterocycles. The molecule has 1 aromatic carbocycles. The Bertz CT molecular complexity index is 372. The molecule has 0 bridgehead atoms. The highest BCUT2D eigenvalue weighted by Gasteiger charge is 2.17. The molecule has 1 atom stereocenters. The minimum Gasteiger partial charge on any atom is -0.508 e. The zero-order valence-corrected chi connectivity index (χ0v) is 9.09. The fraction of sp³-hybridized carbons (Fsp3) is 0.222. The molecular formula is C9H9Cl2NO3. The van der Waals surface area contributed by atoms with Gasteiger partial charge in [0.25, 0.3) is 0 Å². The minimum absolute atomic E-state index is 0.0445. The van der Waals surface area contributed by atoms with Gasteiger partial charge in [0.05, 0.1) is 0 Å². The summed E-state index contributed by atoms with van der Waals surface area (Å²) in [5.74, 6) is -1.30. The van der Waals surface area contributed by atoms with Crippen molar-refractivity contribution >= 4 is 29.2 Å². The van der Waals surface area contributed by atoms with Crippen LogP contribution in [0, 0.1) is 0 Å². The molecule has 82 valence electrons. The van der Waals surface area contributed by atoms with Gasteiger partial charge in [-0.15, -0.1) is 0 Å². The van der Waals surface area contributed by atoms with E-state index in [1.807, 2.05) is 0 Å². The van der Waals surface area contributed by atoms with Crippen LogP contribution in [-0.4, -0.2) is 22.2 Å². The van der Waals surface area contributed by atoms with E-state index in [0.717, 1.165) is 0 Å². The van der Waals surface area contributed by atoms with E-state index < -0.39 is 12.0 Å². The van der Waals surface area contributed by atoms with Gasteiger partial charge in [-0.3, -0.25) is 4.79 Å². The Morgan fingerprint density at radius 1 is 1.47 bits per heavy atom. The van der Waals surface area contributed by atoms with Crippen LogP contribution in [0.4, 0.5) is 0 Å². The molecule has 1 rings (SSSR count). The number of carboxylic acids is 1. The van der Waals surface area contributed by atoms with Gasteiger partial charge in [-0.05, 0) is 12.1 Å². The van der Waals surface area contributed by atoms with E-state index in [1.165, 1.54) is 12.1 Å². The van der Waals surface area contributed by atoms with Crippen molar-refractivity contribution in [3.05, 3.63) is 27.7 Å². The average molecular weight is 250 g/mol. The molecule has 0 unspecified atom stereocenters. The van der Waals surface area contributed by atoms with Gasteiger partial charge in [-0.1, -0.05) is 23.2 Å². The van der Waals surface area contributed by atoms with Crippen molar-refractivity contribution in [2.75, 3.05) is 0 Å². The lowest BCUT2D eigenvalue weighted by atomic mass is 10.1. The summed E-state index contributed by atoms with van der Waals surface area (Å²) in [4.78, 5) is 10.5. The van der Waals surface area contributed by atoms with Crippen molar-refractivity contribution in [1.29, 1.82) is 0 Å². The third-order valence-electron chi connectivity index (χ3n) is 1.88. The van der Waals surface area contributed by atoms with Crippen LogP contribution in [0.25, 0.3) is 0 Å². The molecule has 1 aromatic rings. The van der Waals surface area contributed by atoms with E-state index in [1.54, 1.807) is 0 Å². The Kier molecular flexibility index (Phi) is 3.79. The summed E-state index contributed by atoms with van der Waals surface area (Å²) in [6, 6.07) is 1.61. The van der Waals surface area contributed by atoms with Gasteiger partial charge in [-0.25, -0.2) is 0 Å². The number of halogens is 2. The predicted molar refractivity (Wildman–Crippen MR) is 57.4 cm³/mol. The quantitative estimate of drug-likeness (QED) is 0.761. The van der Waals surface area contributed by atoms with Crippen LogP contribution in [0.3, 0.4) is 0 Å². The van der Waals surface area contributed by atoms with Gasteiger partial charge in [0.1, 0.15) is 11.8 Å². The largest absolute Gasteiger partial charge is 0.508 e. The topological polar surface area (TPSA) is 83.5 Å². The molecule has 0 spiro atoms. The number of carbonyl (C=O) groups is 1. The van der Waals surface area contributed by atoms with Crippen LogP contribution in [0.15, 0.2) is 12.1 Å². The zero-order chi connectivity index (χ0) is 11.6. The summed E-state index contributed by atoms with van der Waals surface area (Å²) in [7, 11) is 0. The maximum atomic E-state index is 10.5. The number of hydrogen-bond acceptors (Lipinski definition) is 3. The molecule has 4 nitrogen and oxygen atoms in total. The number of carboxylic acid groups (broad SMARTS) is 1. The number of phenolic OH excluding ortho intramolecular Hbond substituents is 1. The lowest BCUT2D eigenvalue weighted by molar-refractivity contribution is -0.138. The van der Waals surface area contributed by atoms with Crippen LogP contribution in [0.5, 0.6) is 5.75 Å². The standard InChI is InChI=1S/C9H9Cl2NO3/c10-4-1-6(11)5(8(13)2-4)3-7(12)9(14)15/h1-2,7,13H,3,12H2,(H,14,15)/t7-/m0/s1. The molecular weight excluding hydrogens is 241 g/mol. The molecule has 0 aliphatic rings. The Morgan fingerprint density at radius 2 is 2.07 bits per heavy atom. The van der Waals surface area contributed by atoms with Gasteiger partial charge >= 0.3 is 5.97 Å². The minimum atomic E-state index is -1.15.